The minimum atomic E-state index is -0.302. The van der Waals surface area contributed by atoms with Gasteiger partial charge in [-0.05, 0) is 42.0 Å². The first-order valence-corrected chi connectivity index (χ1v) is 7.33. The summed E-state index contributed by atoms with van der Waals surface area (Å²) in [6, 6.07) is 13.1. The second kappa shape index (κ2) is 6.62. The van der Waals surface area contributed by atoms with Crippen molar-refractivity contribution < 1.29 is 9.18 Å². The number of carbonyl (C=O) groups excluding carboxylic acids is 1. The zero-order chi connectivity index (χ0) is 16.2. The topological polar surface area (TPSA) is 46.9 Å². The first-order chi connectivity index (χ1) is 11.1. The van der Waals surface area contributed by atoms with Gasteiger partial charge in [0, 0.05) is 17.8 Å². The van der Waals surface area contributed by atoms with Crippen molar-refractivity contribution in [3.8, 4) is 5.69 Å². The maximum atomic E-state index is 12.8. The van der Waals surface area contributed by atoms with Crippen molar-refractivity contribution in [3.63, 3.8) is 0 Å². The minimum Gasteiger partial charge on any atom is -0.348 e. The van der Waals surface area contributed by atoms with E-state index in [1.807, 2.05) is 12.1 Å². The quantitative estimate of drug-likeness (QED) is 0.795. The molecule has 116 valence electrons. The van der Waals surface area contributed by atoms with Crippen LogP contribution < -0.4 is 5.32 Å². The molecule has 0 saturated heterocycles. The highest BCUT2D eigenvalue weighted by Crippen LogP contribution is 2.13. The van der Waals surface area contributed by atoms with Crippen molar-refractivity contribution in [2.24, 2.45) is 0 Å². The molecule has 1 heterocycles. The van der Waals surface area contributed by atoms with E-state index < -0.39 is 0 Å². The highest BCUT2D eigenvalue weighted by molar-refractivity contribution is 6.30. The van der Waals surface area contributed by atoms with Crippen LogP contribution in [0.25, 0.3) is 5.69 Å². The molecule has 0 aliphatic rings. The van der Waals surface area contributed by atoms with E-state index in [1.165, 1.54) is 18.3 Å². The summed E-state index contributed by atoms with van der Waals surface area (Å²) in [4.78, 5) is 12.1. The lowest BCUT2D eigenvalue weighted by molar-refractivity contribution is 0.0951. The predicted molar refractivity (Wildman–Crippen MR) is 86.1 cm³/mol. The first kappa shape index (κ1) is 15.2. The molecular weight excluding hydrogens is 317 g/mol. The zero-order valence-electron chi connectivity index (χ0n) is 12.0. The largest absolute Gasteiger partial charge is 0.348 e. The van der Waals surface area contributed by atoms with Crippen LogP contribution in [0.4, 0.5) is 4.39 Å². The molecule has 0 saturated carbocycles. The fourth-order valence-electron chi connectivity index (χ4n) is 2.06. The monoisotopic (exact) mass is 329 g/mol. The molecule has 1 amide bonds. The van der Waals surface area contributed by atoms with E-state index in [-0.39, 0.29) is 11.7 Å². The van der Waals surface area contributed by atoms with Crippen LogP contribution in [0.15, 0.2) is 60.9 Å². The number of benzene rings is 2. The molecule has 4 nitrogen and oxygen atoms in total. The van der Waals surface area contributed by atoms with Crippen molar-refractivity contribution >= 4 is 17.5 Å². The molecule has 2 aromatic carbocycles. The molecular formula is C17H13ClFN3O. The van der Waals surface area contributed by atoms with E-state index in [0.29, 0.717) is 17.1 Å². The van der Waals surface area contributed by atoms with Gasteiger partial charge in [0.2, 0.25) is 0 Å². The van der Waals surface area contributed by atoms with E-state index in [0.717, 1.165) is 11.3 Å². The van der Waals surface area contributed by atoms with Crippen LogP contribution in [0.5, 0.6) is 0 Å². The van der Waals surface area contributed by atoms with Gasteiger partial charge in [0.1, 0.15) is 5.82 Å². The van der Waals surface area contributed by atoms with Crippen LogP contribution in [0.1, 0.15) is 15.9 Å². The molecule has 0 spiro atoms. The van der Waals surface area contributed by atoms with Gasteiger partial charge in [-0.2, -0.15) is 5.10 Å². The van der Waals surface area contributed by atoms with Gasteiger partial charge in [-0.15, -0.1) is 0 Å². The number of halogens is 2. The normalized spacial score (nSPS) is 10.5. The second-order valence-corrected chi connectivity index (χ2v) is 5.40. The maximum absolute atomic E-state index is 12.8. The summed E-state index contributed by atoms with van der Waals surface area (Å²) < 4.78 is 14.4. The summed E-state index contributed by atoms with van der Waals surface area (Å²) in [5.74, 6) is -0.543. The number of nitrogens with one attached hydrogen (secondary N) is 1. The zero-order valence-corrected chi connectivity index (χ0v) is 12.8. The van der Waals surface area contributed by atoms with Crippen LogP contribution in [-0.2, 0) is 6.54 Å². The SMILES string of the molecule is O=C(NCc1ccc(F)cc1)c1cnn(-c2ccc(Cl)cc2)c1. The van der Waals surface area contributed by atoms with E-state index in [9.17, 15) is 9.18 Å². The van der Waals surface area contributed by atoms with Crippen LogP contribution in [0.2, 0.25) is 5.02 Å². The molecule has 3 rings (SSSR count). The molecule has 6 heteroatoms. The fraction of sp³-hybridized carbons (Fsp3) is 0.0588. The Kier molecular flexibility index (Phi) is 4.39. The molecule has 0 radical (unpaired) electrons. The third kappa shape index (κ3) is 3.76. The minimum absolute atomic E-state index is 0.241. The average Bonchev–Trinajstić information content (AvgIpc) is 3.05. The summed E-state index contributed by atoms with van der Waals surface area (Å²) in [6.07, 6.45) is 3.14. The standard InChI is InChI=1S/C17H13ClFN3O/c18-14-3-7-16(8-4-14)22-11-13(10-21-22)17(23)20-9-12-1-5-15(19)6-2-12/h1-8,10-11H,9H2,(H,20,23). The summed E-state index contributed by atoms with van der Waals surface area (Å²) in [7, 11) is 0. The summed E-state index contributed by atoms with van der Waals surface area (Å²) >= 11 is 5.85. The first-order valence-electron chi connectivity index (χ1n) is 6.95. The highest BCUT2D eigenvalue weighted by Gasteiger charge is 2.09. The van der Waals surface area contributed by atoms with Gasteiger partial charge in [0.25, 0.3) is 5.91 Å². The summed E-state index contributed by atoms with van der Waals surface area (Å²) in [5, 5.41) is 7.58. The Morgan fingerprint density at radius 3 is 2.52 bits per heavy atom. The predicted octanol–water partition coefficient (Wildman–Crippen LogP) is 3.59. The number of hydrogen-bond acceptors (Lipinski definition) is 2. The number of nitrogens with zero attached hydrogens (tertiary/aromatic N) is 2. The van der Waals surface area contributed by atoms with Gasteiger partial charge >= 0.3 is 0 Å². The lowest BCUT2D eigenvalue weighted by atomic mass is 10.2. The van der Waals surface area contributed by atoms with E-state index in [2.05, 4.69) is 10.4 Å². The Bertz CT molecular complexity index is 813. The molecule has 0 aliphatic heterocycles. The fourth-order valence-corrected chi connectivity index (χ4v) is 2.19. The molecule has 1 aromatic heterocycles. The molecule has 0 fully saturated rings. The van der Waals surface area contributed by atoms with Crippen molar-refractivity contribution in [2.45, 2.75) is 6.54 Å². The van der Waals surface area contributed by atoms with E-state index in [4.69, 9.17) is 11.6 Å². The molecule has 1 N–H and O–H groups in total. The maximum Gasteiger partial charge on any atom is 0.254 e. The van der Waals surface area contributed by atoms with Crippen molar-refractivity contribution in [1.82, 2.24) is 15.1 Å². The van der Waals surface area contributed by atoms with Crippen LogP contribution >= 0.6 is 11.6 Å². The Morgan fingerprint density at radius 2 is 1.83 bits per heavy atom. The average molecular weight is 330 g/mol. The number of carbonyl (C=O) groups is 1. The van der Waals surface area contributed by atoms with Gasteiger partial charge in [-0.3, -0.25) is 4.79 Å². The number of amides is 1. The van der Waals surface area contributed by atoms with Gasteiger partial charge in [-0.25, -0.2) is 9.07 Å². The number of rotatable bonds is 4. The highest BCUT2D eigenvalue weighted by atomic mass is 35.5. The molecule has 0 aliphatic carbocycles. The molecule has 23 heavy (non-hydrogen) atoms. The van der Waals surface area contributed by atoms with E-state index in [1.54, 1.807) is 35.1 Å². The second-order valence-electron chi connectivity index (χ2n) is 4.96. The van der Waals surface area contributed by atoms with Gasteiger partial charge in [0.15, 0.2) is 0 Å². The molecule has 0 unspecified atom stereocenters. The Morgan fingerprint density at radius 1 is 1.13 bits per heavy atom. The van der Waals surface area contributed by atoms with Crippen LogP contribution in [-0.4, -0.2) is 15.7 Å². The third-order valence-electron chi connectivity index (χ3n) is 3.30. The summed E-state index contributed by atoms with van der Waals surface area (Å²) in [6.45, 7) is 0.325. The van der Waals surface area contributed by atoms with Crippen LogP contribution in [0, 0.1) is 5.82 Å². The Hall–Kier alpha value is -2.66. The number of hydrogen-bond donors (Lipinski definition) is 1. The van der Waals surface area contributed by atoms with Crippen molar-refractivity contribution in [1.29, 1.82) is 0 Å². The van der Waals surface area contributed by atoms with Gasteiger partial charge in [0.05, 0.1) is 17.4 Å². The van der Waals surface area contributed by atoms with Crippen molar-refractivity contribution in [3.05, 3.63) is 82.9 Å². The summed E-state index contributed by atoms with van der Waals surface area (Å²) in [5.41, 5.74) is 2.08. The smallest absolute Gasteiger partial charge is 0.254 e. The van der Waals surface area contributed by atoms with Gasteiger partial charge in [-0.1, -0.05) is 23.7 Å². The van der Waals surface area contributed by atoms with E-state index >= 15 is 0 Å². The third-order valence-corrected chi connectivity index (χ3v) is 3.55. The molecule has 0 atom stereocenters. The van der Waals surface area contributed by atoms with Crippen LogP contribution in [0.3, 0.4) is 0 Å². The molecule has 3 aromatic rings. The molecule has 0 bridgehead atoms. The Balaban J connectivity index is 1.66. The number of aromatic nitrogens is 2. The lowest BCUT2D eigenvalue weighted by Crippen LogP contribution is -2.22. The van der Waals surface area contributed by atoms with Gasteiger partial charge < -0.3 is 5.32 Å². The Labute approximate surface area is 137 Å². The van der Waals surface area contributed by atoms with Crippen molar-refractivity contribution in [2.75, 3.05) is 0 Å². The lowest BCUT2D eigenvalue weighted by Gasteiger charge is -2.04.